The van der Waals surface area contributed by atoms with E-state index in [0.717, 1.165) is 31.8 Å². The second-order valence-electron chi connectivity index (χ2n) is 8.02. The first-order valence-corrected chi connectivity index (χ1v) is 7.78. The summed E-state index contributed by atoms with van der Waals surface area (Å²) in [6.07, 6.45) is 2.30. The van der Waals surface area contributed by atoms with Gasteiger partial charge in [-0.2, -0.15) is 0 Å². The number of nitrogens with one attached hydrogen (secondary N) is 1. The second-order valence-corrected chi connectivity index (χ2v) is 8.02. The standard InChI is InChI=1S/C17H29N3/c1-16(2,3)13-11-14(17(4,5)6)20-15(19-13)12-7-9-18-10-8-12/h11-12,18H,7-10H2,1-6H3. The third-order valence-corrected chi connectivity index (χ3v) is 3.98. The fraction of sp³-hybridized carbons (Fsp3) is 0.765. The summed E-state index contributed by atoms with van der Waals surface area (Å²) < 4.78 is 0. The Balaban J connectivity index is 2.45. The van der Waals surface area contributed by atoms with Gasteiger partial charge < -0.3 is 5.32 Å². The third-order valence-electron chi connectivity index (χ3n) is 3.98. The Morgan fingerprint density at radius 1 is 0.900 bits per heavy atom. The third kappa shape index (κ3) is 3.57. The average molecular weight is 275 g/mol. The summed E-state index contributed by atoms with van der Waals surface area (Å²) in [5, 5.41) is 3.42. The van der Waals surface area contributed by atoms with Crippen molar-refractivity contribution in [1.82, 2.24) is 15.3 Å². The smallest absolute Gasteiger partial charge is 0.132 e. The predicted molar refractivity (Wildman–Crippen MR) is 84.3 cm³/mol. The Labute approximate surface area is 123 Å². The van der Waals surface area contributed by atoms with Gasteiger partial charge >= 0.3 is 0 Å². The highest BCUT2D eigenvalue weighted by molar-refractivity contribution is 5.24. The Kier molecular flexibility index (Phi) is 4.19. The fourth-order valence-corrected chi connectivity index (χ4v) is 2.50. The first-order chi connectivity index (χ1) is 9.18. The molecule has 1 aromatic heterocycles. The number of aromatic nitrogens is 2. The summed E-state index contributed by atoms with van der Waals surface area (Å²) in [5.41, 5.74) is 2.49. The number of rotatable bonds is 1. The number of hydrogen-bond donors (Lipinski definition) is 1. The summed E-state index contributed by atoms with van der Waals surface area (Å²) in [7, 11) is 0. The SMILES string of the molecule is CC(C)(C)c1cc(C(C)(C)C)nc(C2CCNCC2)n1. The van der Waals surface area contributed by atoms with E-state index in [4.69, 9.17) is 9.97 Å². The van der Waals surface area contributed by atoms with E-state index in [1.165, 1.54) is 11.4 Å². The molecule has 0 aliphatic carbocycles. The predicted octanol–water partition coefficient (Wildman–Crippen LogP) is 3.54. The maximum absolute atomic E-state index is 4.90. The maximum Gasteiger partial charge on any atom is 0.132 e. The van der Waals surface area contributed by atoms with Gasteiger partial charge in [-0.25, -0.2) is 9.97 Å². The molecule has 1 N–H and O–H groups in total. The summed E-state index contributed by atoms with van der Waals surface area (Å²) in [6.45, 7) is 15.5. The molecule has 1 saturated heterocycles. The normalized spacial score (nSPS) is 18.3. The molecule has 0 aromatic carbocycles. The maximum atomic E-state index is 4.90. The monoisotopic (exact) mass is 275 g/mol. The first kappa shape index (κ1) is 15.4. The molecule has 1 fully saturated rings. The van der Waals surface area contributed by atoms with E-state index in [1.807, 2.05) is 0 Å². The molecule has 2 heterocycles. The fourth-order valence-electron chi connectivity index (χ4n) is 2.50. The Morgan fingerprint density at radius 2 is 1.35 bits per heavy atom. The van der Waals surface area contributed by atoms with Crippen molar-refractivity contribution in [2.24, 2.45) is 0 Å². The highest BCUT2D eigenvalue weighted by Gasteiger charge is 2.26. The molecule has 0 spiro atoms. The Morgan fingerprint density at radius 3 is 1.75 bits per heavy atom. The van der Waals surface area contributed by atoms with Crippen LogP contribution in [0.4, 0.5) is 0 Å². The highest BCUT2D eigenvalue weighted by Crippen LogP contribution is 2.30. The van der Waals surface area contributed by atoms with Crippen LogP contribution in [-0.4, -0.2) is 23.1 Å². The lowest BCUT2D eigenvalue weighted by Crippen LogP contribution is -2.29. The van der Waals surface area contributed by atoms with Crippen LogP contribution in [0.2, 0.25) is 0 Å². The van der Waals surface area contributed by atoms with Crippen LogP contribution in [-0.2, 0) is 10.8 Å². The van der Waals surface area contributed by atoms with E-state index >= 15 is 0 Å². The minimum absolute atomic E-state index is 0.0740. The van der Waals surface area contributed by atoms with Crippen LogP contribution in [0.5, 0.6) is 0 Å². The molecule has 0 saturated carbocycles. The van der Waals surface area contributed by atoms with Gasteiger partial charge in [0.1, 0.15) is 5.82 Å². The molecule has 0 bridgehead atoms. The molecule has 0 unspecified atom stereocenters. The van der Waals surface area contributed by atoms with Gasteiger partial charge in [0.25, 0.3) is 0 Å². The molecule has 1 aliphatic heterocycles. The van der Waals surface area contributed by atoms with E-state index in [2.05, 4.69) is 52.9 Å². The molecule has 3 heteroatoms. The van der Waals surface area contributed by atoms with Crippen LogP contribution in [0.15, 0.2) is 6.07 Å². The minimum atomic E-state index is 0.0740. The van der Waals surface area contributed by atoms with Crippen LogP contribution < -0.4 is 5.32 Å². The molecular formula is C17H29N3. The van der Waals surface area contributed by atoms with Crippen LogP contribution in [0, 0.1) is 0 Å². The van der Waals surface area contributed by atoms with Gasteiger partial charge in [-0.3, -0.25) is 0 Å². The largest absolute Gasteiger partial charge is 0.317 e. The van der Waals surface area contributed by atoms with Gasteiger partial charge in [0.05, 0.1) is 0 Å². The zero-order valence-electron chi connectivity index (χ0n) is 13.9. The van der Waals surface area contributed by atoms with Crippen molar-refractivity contribution >= 4 is 0 Å². The van der Waals surface area contributed by atoms with Gasteiger partial charge in [-0.15, -0.1) is 0 Å². The van der Waals surface area contributed by atoms with Crippen molar-refractivity contribution in [3.8, 4) is 0 Å². The van der Waals surface area contributed by atoms with E-state index in [9.17, 15) is 0 Å². The molecule has 1 aromatic rings. The summed E-state index contributed by atoms with van der Waals surface area (Å²) in [4.78, 5) is 9.81. The van der Waals surface area contributed by atoms with Crippen molar-refractivity contribution < 1.29 is 0 Å². The first-order valence-electron chi connectivity index (χ1n) is 7.78. The van der Waals surface area contributed by atoms with Crippen molar-refractivity contribution in [1.29, 1.82) is 0 Å². The van der Waals surface area contributed by atoms with Gasteiger partial charge in [0.15, 0.2) is 0 Å². The molecular weight excluding hydrogens is 246 g/mol. The highest BCUT2D eigenvalue weighted by atomic mass is 14.9. The zero-order valence-corrected chi connectivity index (χ0v) is 13.9. The van der Waals surface area contributed by atoms with Crippen LogP contribution in [0.1, 0.15) is 77.5 Å². The topological polar surface area (TPSA) is 37.8 Å². The van der Waals surface area contributed by atoms with Crippen LogP contribution in [0.25, 0.3) is 0 Å². The molecule has 20 heavy (non-hydrogen) atoms. The van der Waals surface area contributed by atoms with E-state index in [1.54, 1.807) is 0 Å². The minimum Gasteiger partial charge on any atom is -0.317 e. The van der Waals surface area contributed by atoms with Crippen molar-refractivity contribution in [2.75, 3.05) is 13.1 Å². The number of piperidine rings is 1. The van der Waals surface area contributed by atoms with E-state index in [-0.39, 0.29) is 10.8 Å². The molecule has 3 nitrogen and oxygen atoms in total. The molecule has 112 valence electrons. The van der Waals surface area contributed by atoms with Crippen LogP contribution in [0.3, 0.4) is 0 Å². The van der Waals surface area contributed by atoms with Gasteiger partial charge in [-0.05, 0) is 32.0 Å². The van der Waals surface area contributed by atoms with Gasteiger partial charge in [0, 0.05) is 28.1 Å². The average Bonchev–Trinajstić information content (AvgIpc) is 2.37. The van der Waals surface area contributed by atoms with E-state index < -0.39 is 0 Å². The van der Waals surface area contributed by atoms with Crippen molar-refractivity contribution in [3.63, 3.8) is 0 Å². The molecule has 0 amide bonds. The molecule has 0 atom stereocenters. The van der Waals surface area contributed by atoms with Gasteiger partial charge in [0.2, 0.25) is 0 Å². The lowest BCUT2D eigenvalue weighted by molar-refractivity contribution is 0.433. The zero-order chi connectivity index (χ0) is 15.0. The molecule has 0 radical (unpaired) electrons. The van der Waals surface area contributed by atoms with E-state index in [0.29, 0.717) is 5.92 Å². The Bertz CT molecular complexity index is 428. The van der Waals surface area contributed by atoms with Crippen LogP contribution >= 0.6 is 0 Å². The quantitative estimate of drug-likeness (QED) is 0.852. The lowest BCUT2D eigenvalue weighted by atomic mass is 9.86. The summed E-state index contributed by atoms with van der Waals surface area (Å²) in [5.74, 6) is 1.57. The number of nitrogens with zero attached hydrogens (tertiary/aromatic N) is 2. The molecule has 2 rings (SSSR count). The molecule has 1 aliphatic rings. The second kappa shape index (κ2) is 5.44. The van der Waals surface area contributed by atoms with Crippen molar-refractivity contribution in [3.05, 3.63) is 23.3 Å². The summed E-state index contributed by atoms with van der Waals surface area (Å²) >= 11 is 0. The lowest BCUT2D eigenvalue weighted by Gasteiger charge is -2.27. The number of hydrogen-bond acceptors (Lipinski definition) is 3. The Hall–Kier alpha value is -0.960. The summed E-state index contributed by atoms with van der Waals surface area (Å²) in [6, 6.07) is 2.20. The van der Waals surface area contributed by atoms with Gasteiger partial charge in [-0.1, -0.05) is 41.5 Å². The van der Waals surface area contributed by atoms with Crippen molar-refractivity contribution in [2.45, 2.75) is 71.1 Å².